The summed E-state index contributed by atoms with van der Waals surface area (Å²) in [6, 6.07) is 10.4. The quantitative estimate of drug-likeness (QED) is 0.617. The van der Waals surface area contributed by atoms with Crippen LogP contribution in [0.1, 0.15) is 17.0 Å². The van der Waals surface area contributed by atoms with Crippen molar-refractivity contribution in [2.24, 2.45) is 0 Å². The molecule has 9 heteroatoms. The van der Waals surface area contributed by atoms with Gasteiger partial charge in [-0.2, -0.15) is 0 Å². The van der Waals surface area contributed by atoms with Gasteiger partial charge in [0.2, 0.25) is 5.09 Å². The first-order chi connectivity index (χ1) is 12.0. The van der Waals surface area contributed by atoms with Crippen molar-refractivity contribution in [3.8, 4) is 0 Å². The summed E-state index contributed by atoms with van der Waals surface area (Å²) in [5.74, 6) is -0.491. The number of para-hydroxylation sites is 2. The SMILES string of the molecule is CNS(=O)(=O)c1ccc(C(=O)NCCCn2cnc3ccccc32)o1. The predicted octanol–water partition coefficient (Wildman–Crippen LogP) is 1.36. The number of hydrogen-bond acceptors (Lipinski definition) is 5. The van der Waals surface area contributed by atoms with E-state index in [1.165, 1.54) is 19.2 Å². The minimum Gasteiger partial charge on any atom is -0.438 e. The van der Waals surface area contributed by atoms with Crippen LogP contribution in [0, 0.1) is 0 Å². The molecular formula is C16H18N4O4S. The summed E-state index contributed by atoms with van der Waals surface area (Å²) in [5, 5.41) is 2.42. The average Bonchev–Trinajstić information content (AvgIpc) is 3.26. The van der Waals surface area contributed by atoms with Crippen LogP contribution in [0.5, 0.6) is 0 Å². The molecule has 0 saturated heterocycles. The van der Waals surface area contributed by atoms with Gasteiger partial charge in [0, 0.05) is 13.1 Å². The lowest BCUT2D eigenvalue weighted by Crippen LogP contribution is -2.25. The van der Waals surface area contributed by atoms with E-state index in [1.54, 1.807) is 6.33 Å². The van der Waals surface area contributed by atoms with Crippen molar-refractivity contribution in [2.75, 3.05) is 13.6 Å². The number of nitrogens with zero attached hydrogens (tertiary/aromatic N) is 2. The van der Waals surface area contributed by atoms with E-state index in [2.05, 4.69) is 15.0 Å². The Morgan fingerprint density at radius 3 is 2.84 bits per heavy atom. The van der Waals surface area contributed by atoms with E-state index in [0.29, 0.717) is 19.5 Å². The fourth-order valence-electron chi connectivity index (χ4n) is 2.41. The van der Waals surface area contributed by atoms with Gasteiger partial charge < -0.3 is 14.3 Å². The lowest BCUT2D eigenvalue weighted by atomic mass is 10.3. The van der Waals surface area contributed by atoms with Crippen molar-refractivity contribution in [3.05, 3.63) is 48.5 Å². The summed E-state index contributed by atoms with van der Waals surface area (Å²) in [7, 11) is -2.42. The number of benzene rings is 1. The number of fused-ring (bicyclic) bond motifs is 1. The number of rotatable bonds is 7. The van der Waals surface area contributed by atoms with E-state index in [1.807, 2.05) is 28.8 Å². The van der Waals surface area contributed by atoms with Gasteiger partial charge in [-0.3, -0.25) is 4.79 Å². The van der Waals surface area contributed by atoms with Gasteiger partial charge in [-0.25, -0.2) is 18.1 Å². The molecule has 2 aromatic heterocycles. The molecule has 0 radical (unpaired) electrons. The van der Waals surface area contributed by atoms with E-state index in [4.69, 9.17) is 4.42 Å². The average molecular weight is 362 g/mol. The van der Waals surface area contributed by atoms with E-state index >= 15 is 0 Å². The normalized spacial score (nSPS) is 11.7. The topological polar surface area (TPSA) is 106 Å². The Labute approximate surface area is 144 Å². The molecular weight excluding hydrogens is 344 g/mol. The second kappa shape index (κ2) is 7.08. The molecule has 1 aromatic carbocycles. The zero-order valence-electron chi connectivity index (χ0n) is 13.6. The monoisotopic (exact) mass is 362 g/mol. The summed E-state index contributed by atoms with van der Waals surface area (Å²) >= 11 is 0. The molecule has 0 aliphatic heterocycles. The van der Waals surface area contributed by atoms with Gasteiger partial charge in [-0.15, -0.1) is 0 Å². The first kappa shape index (κ1) is 17.2. The molecule has 0 atom stereocenters. The minimum atomic E-state index is -3.69. The summed E-state index contributed by atoms with van der Waals surface area (Å²) in [4.78, 5) is 16.3. The van der Waals surface area contributed by atoms with E-state index < -0.39 is 15.9 Å². The Morgan fingerprint density at radius 1 is 1.24 bits per heavy atom. The molecule has 3 aromatic rings. The third kappa shape index (κ3) is 3.72. The Bertz CT molecular complexity index is 990. The molecule has 8 nitrogen and oxygen atoms in total. The number of aromatic nitrogens is 2. The summed E-state index contributed by atoms with van der Waals surface area (Å²) < 4.78 is 32.4. The highest BCUT2D eigenvalue weighted by Gasteiger charge is 2.19. The van der Waals surface area contributed by atoms with E-state index in [0.717, 1.165) is 11.0 Å². The number of amides is 1. The summed E-state index contributed by atoms with van der Waals surface area (Å²) in [5.41, 5.74) is 1.97. The number of carbonyl (C=O) groups is 1. The minimum absolute atomic E-state index is 0.0399. The highest BCUT2D eigenvalue weighted by atomic mass is 32.2. The molecule has 25 heavy (non-hydrogen) atoms. The number of imidazole rings is 1. The first-order valence-electron chi connectivity index (χ1n) is 7.73. The van der Waals surface area contributed by atoms with Crippen LogP contribution in [0.3, 0.4) is 0 Å². The third-order valence-corrected chi connectivity index (χ3v) is 5.01. The lowest BCUT2D eigenvalue weighted by molar-refractivity contribution is 0.0919. The van der Waals surface area contributed by atoms with E-state index in [-0.39, 0.29) is 10.9 Å². The number of hydrogen-bond donors (Lipinski definition) is 2. The Kier molecular flexibility index (Phi) is 4.86. The molecule has 0 spiro atoms. The van der Waals surface area contributed by atoms with Gasteiger partial charge >= 0.3 is 0 Å². The highest BCUT2D eigenvalue weighted by molar-refractivity contribution is 7.89. The van der Waals surface area contributed by atoms with Crippen LogP contribution < -0.4 is 10.0 Å². The van der Waals surface area contributed by atoms with Gasteiger partial charge in [0.05, 0.1) is 17.4 Å². The number of furan rings is 1. The van der Waals surface area contributed by atoms with Gasteiger partial charge in [-0.1, -0.05) is 12.1 Å². The zero-order chi connectivity index (χ0) is 17.9. The largest absolute Gasteiger partial charge is 0.438 e. The van der Waals surface area contributed by atoms with Crippen molar-refractivity contribution in [1.82, 2.24) is 19.6 Å². The second-order valence-corrected chi connectivity index (χ2v) is 7.18. The maximum absolute atomic E-state index is 12.0. The van der Waals surface area contributed by atoms with Crippen molar-refractivity contribution < 1.29 is 17.6 Å². The lowest BCUT2D eigenvalue weighted by Gasteiger charge is -2.05. The van der Waals surface area contributed by atoms with Crippen molar-refractivity contribution in [2.45, 2.75) is 18.1 Å². The molecule has 0 aliphatic carbocycles. The van der Waals surface area contributed by atoms with Crippen LogP contribution in [-0.4, -0.2) is 37.5 Å². The Balaban J connectivity index is 1.53. The molecule has 2 heterocycles. The molecule has 2 N–H and O–H groups in total. The van der Waals surface area contributed by atoms with Crippen molar-refractivity contribution in [1.29, 1.82) is 0 Å². The highest BCUT2D eigenvalue weighted by Crippen LogP contribution is 2.14. The van der Waals surface area contributed by atoms with Crippen LogP contribution in [-0.2, 0) is 16.6 Å². The van der Waals surface area contributed by atoms with Gasteiger partial charge in [0.15, 0.2) is 5.76 Å². The second-order valence-electron chi connectivity index (χ2n) is 5.36. The van der Waals surface area contributed by atoms with Gasteiger partial charge in [0.25, 0.3) is 15.9 Å². The Hall–Kier alpha value is -2.65. The number of nitrogens with one attached hydrogen (secondary N) is 2. The number of carbonyl (C=O) groups excluding carboxylic acids is 1. The fourth-order valence-corrected chi connectivity index (χ4v) is 3.06. The molecule has 0 aliphatic rings. The number of aryl methyl sites for hydroxylation is 1. The van der Waals surface area contributed by atoms with Gasteiger partial charge in [0.1, 0.15) is 0 Å². The standard InChI is InChI=1S/C16H18N4O4S/c1-17-25(22,23)15-8-7-14(24-15)16(21)18-9-4-10-20-11-19-12-5-2-3-6-13(12)20/h2-3,5-8,11,17H,4,9-10H2,1H3,(H,18,21). The van der Waals surface area contributed by atoms with E-state index in [9.17, 15) is 13.2 Å². The van der Waals surface area contributed by atoms with Crippen LogP contribution in [0.4, 0.5) is 0 Å². The van der Waals surface area contributed by atoms with Crippen LogP contribution in [0.15, 0.2) is 52.2 Å². The van der Waals surface area contributed by atoms with Crippen LogP contribution >= 0.6 is 0 Å². The maximum atomic E-state index is 12.0. The zero-order valence-corrected chi connectivity index (χ0v) is 14.4. The molecule has 132 valence electrons. The summed E-state index contributed by atoms with van der Waals surface area (Å²) in [6.45, 7) is 1.14. The smallest absolute Gasteiger partial charge is 0.287 e. The molecule has 1 amide bonds. The molecule has 3 rings (SSSR count). The van der Waals surface area contributed by atoms with Gasteiger partial charge in [-0.05, 0) is 37.7 Å². The molecule has 0 bridgehead atoms. The molecule has 0 fully saturated rings. The van der Waals surface area contributed by atoms with Crippen molar-refractivity contribution in [3.63, 3.8) is 0 Å². The van der Waals surface area contributed by atoms with Crippen LogP contribution in [0.25, 0.3) is 11.0 Å². The maximum Gasteiger partial charge on any atom is 0.287 e. The third-order valence-electron chi connectivity index (χ3n) is 3.73. The molecule has 0 unspecified atom stereocenters. The van der Waals surface area contributed by atoms with Crippen molar-refractivity contribution >= 4 is 27.0 Å². The predicted molar refractivity (Wildman–Crippen MR) is 91.6 cm³/mol. The summed E-state index contributed by atoms with van der Waals surface area (Å²) in [6.07, 6.45) is 2.47. The van der Waals surface area contributed by atoms with Crippen LogP contribution in [0.2, 0.25) is 0 Å². The fraction of sp³-hybridized carbons (Fsp3) is 0.250. The molecule has 0 saturated carbocycles. The Morgan fingerprint density at radius 2 is 2.04 bits per heavy atom. The first-order valence-corrected chi connectivity index (χ1v) is 9.21. The number of sulfonamides is 1.